The van der Waals surface area contributed by atoms with Crippen molar-refractivity contribution in [1.29, 1.82) is 0 Å². The lowest BCUT2D eigenvalue weighted by Crippen LogP contribution is -2.34. The molecule has 1 aliphatic heterocycles. The van der Waals surface area contributed by atoms with Crippen molar-refractivity contribution in [1.82, 2.24) is 5.32 Å². The quantitative estimate of drug-likeness (QED) is 0.796. The van der Waals surface area contributed by atoms with Gasteiger partial charge in [-0.1, -0.05) is 30.3 Å². The first kappa shape index (κ1) is 14.0. The van der Waals surface area contributed by atoms with Gasteiger partial charge in [-0.15, -0.1) is 0 Å². The van der Waals surface area contributed by atoms with Crippen LogP contribution in [0.15, 0.2) is 30.3 Å². The molecular formula is C15H21NO3. The summed E-state index contributed by atoms with van der Waals surface area (Å²) in [5, 5.41) is 3.31. The number of hydrogen-bond acceptors (Lipinski definition) is 4. The largest absolute Gasteiger partial charge is 0.466 e. The summed E-state index contributed by atoms with van der Waals surface area (Å²) in [6.07, 6.45) is 1.41. The van der Waals surface area contributed by atoms with Gasteiger partial charge in [-0.2, -0.15) is 0 Å². The van der Waals surface area contributed by atoms with Gasteiger partial charge in [0.05, 0.1) is 25.7 Å². The van der Waals surface area contributed by atoms with Crippen LogP contribution in [0.2, 0.25) is 0 Å². The van der Waals surface area contributed by atoms with Crippen molar-refractivity contribution in [2.75, 3.05) is 13.2 Å². The zero-order valence-corrected chi connectivity index (χ0v) is 11.3. The summed E-state index contributed by atoms with van der Waals surface area (Å²) in [5.74, 6) is -0.157. The SMILES string of the molecule is CCOC(=O)C[C@@H]1NCC[C@H]1OCc1ccccc1. The van der Waals surface area contributed by atoms with Crippen LogP contribution in [0.5, 0.6) is 0 Å². The molecule has 0 unspecified atom stereocenters. The van der Waals surface area contributed by atoms with Crippen LogP contribution in [0.1, 0.15) is 25.3 Å². The summed E-state index contributed by atoms with van der Waals surface area (Å²) < 4.78 is 10.9. The second-order valence-electron chi connectivity index (χ2n) is 4.69. The molecule has 0 bridgehead atoms. The third-order valence-corrected chi connectivity index (χ3v) is 3.28. The molecule has 2 rings (SSSR count). The number of carbonyl (C=O) groups is 1. The molecule has 1 heterocycles. The molecule has 0 aliphatic carbocycles. The molecule has 1 saturated heterocycles. The molecule has 19 heavy (non-hydrogen) atoms. The van der Waals surface area contributed by atoms with E-state index in [9.17, 15) is 4.79 Å². The van der Waals surface area contributed by atoms with E-state index in [0.717, 1.165) is 18.5 Å². The van der Waals surface area contributed by atoms with E-state index < -0.39 is 0 Å². The van der Waals surface area contributed by atoms with E-state index in [2.05, 4.69) is 5.32 Å². The second-order valence-corrected chi connectivity index (χ2v) is 4.69. The summed E-state index contributed by atoms with van der Waals surface area (Å²) in [5.41, 5.74) is 1.16. The first-order valence-corrected chi connectivity index (χ1v) is 6.84. The Bertz CT molecular complexity index is 394. The Morgan fingerprint density at radius 1 is 1.37 bits per heavy atom. The molecule has 0 spiro atoms. The van der Waals surface area contributed by atoms with Gasteiger partial charge in [-0.3, -0.25) is 4.79 Å². The Morgan fingerprint density at radius 3 is 2.89 bits per heavy atom. The summed E-state index contributed by atoms with van der Waals surface area (Å²) in [4.78, 5) is 11.5. The Labute approximate surface area is 114 Å². The Balaban J connectivity index is 1.80. The average molecular weight is 263 g/mol. The lowest BCUT2D eigenvalue weighted by Gasteiger charge is -2.19. The molecule has 0 amide bonds. The number of benzene rings is 1. The van der Waals surface area contributed by atoms with Crippen LogP contribution < -0.4 is 5.32 Å². The molecule has 4 nitrogen and oxygen atoms in total. The average Bonchev–Trinajstić information content (AvgIpc) is 2.85. The molecule has 0 radical (unpaired) electrons. The third-order valence-electron chi connectivity index (χ3n) is 3.28. The molecule has 1 aromatic rings. The Hall–Kier alpha value is -1.39. The van der Waals surface area contributed by atoms with Gasteiger partial charge in [0.15, 0.2) is 0 Å². The highest BCUT2D eigenvalue weighted by atomic mass is 16.5. The van der Waals surface area contributed by atoms with E-state index >= 15 is 0 Å². The summed E-state index contributed by atoms with van der Waals surface area (Å²) in [6.45, 7) is 3.74. The number of nitrogens with one attached hydrogen (secondary N) is 1. The molecule has 104 valence electrons. The fourth-order valence-corrected chi connectivity index (χ4v) is 2.32. The maximum absolute atomic E-state index is 11.5. The van der Waals surface area contributed by atoms with E-state index in [4.69, 9.17) is 9.47 Å². The van der Waals surface area contributed by atoms with Crippen molar-refractivity contribution >= 4 is 5.97 Å². The molecule has 0 aromatic heterocycles. The van der Waals surface area contributed by atoms with Gasteiger partial charge in [-0.25, -0.2) is 0 Å². The third kappa shape index (κ3) is 4.33. The van der Waals surface area contributed by atoms with E-state index in [1.165, 1.54) is 0 Å². The smallest absolute Gasteiger partial charge is 0.307 e. The zero-order chi connectivity index (χ0) is 13.5. The minimum Gasteiger partial charge on any atom is -0.466 e. The molecule has 1 N–H and O–H groups in total. The van der Waals surface area contributed by atoms with E-state index in [1.54, 1.807) is 0 Å². The van der Waals surface area contributed by atoms with Crippen LogP contribution in [0.25, 0.3) is 0 Å². The highest BCUT2D eigenvalue weighted by Crippen LogP contribution is 2.17. The minimum atomic E-state index is -0.157. The molecule has 2 atom stereocenters. The van der Waals surface area contributed by atoms with Crippen LogP contribution in [-0.2, 0) is 20.9 Å². The van der Waals surface area contributed by atoms with Crippen molar-refractivity contribution in [3.8, 4) is 0 Å². The summed E-state index contributed by atoms with van der Waals surface area (Å²) in [6, 6.07) is 10.2. The van der Waals surface area contributed by atoms with Gasteiger partial charge in [0.2, 0.25) is 0 Å². The van der Waals surface area contributed by atoms with E-state index in [0.29, 0.717) is 19.6 Å². The fraction of sp³-hybridized carbons (Fsp3) is 0.533. The Morgan fingerprint density at radius 2 is 2.16 bits per heavy atom. The van der Waals surface area contributed by atoms with Crippen molar-refractivity contribution in [2.24, 2.45) is 0 Å². The first-order chi connectivity index (χ1) is 9.29. The lowest BCUT2D eigenvalue weighted by molar-refractivity contribution is -0.144. The Kier molecular flexibility index (Phi) is 5.36. The van der Waals surface area contributed by atoms with Crippen LogP contribution >= 0.6 is 0 Å². The predicted molar refractivity (Wildman–Crippen MR) is 72.7 cm³/mol. The van der Waals surface area contributed by atoms with Crippen LogP contribution in [0.4, 0.5) is 0 Å². The molecule has 0 saturated carbocycles. The number of hydrogen-bond donors (Lipinski definition) is 1. The maximum Gasteiger partial charge on any atom is 0.307 e. The van der Waals surface area contributed by atoms with Crippen molar-refractivity contribution in [3.05, 3.63) is 35.9 Å². The van der Waals surface area contributed by atoms with Gasteiger partial charge in [0.1, 0.15) is 0 Å². The summed E-state index contributed by atoms with van der Waals surface area (Å²) in [7, 11) is 0. The highest BCUT2D eigenvalue weighted by Gasteiger charge is 2.29. The van der Waals surface area contributed by atoms with Crippen molar-refractivity contribution in [2.45, 2.75) is 38.5 Å². The maximum atomic E-state index is 11.5. The van der Waals surface area contributed by atoms with Gasteiger partial charge in [0.25, 0.3) is 0 Å². The summed E-state index contributed by atoms with van der Waals surface area (Å²) >= 11 is 0. The second kappa shape index (κ2) is 7.26. The predicted octanol–water partition coefficient (Wildman–Crippen LogP) is 1.89. The number of carbonyl (C=O) groups excluding carboxylic acids is 1. The van der Waals surface area contributed by atoms with Gasteiger partial charge < -0.3 is 14.8 Å². The standard InChI is InChI=1S/C15H21NO3/c1-2-18-15(17)10-13-14(8-9-16-13)19-11-12-6-4-3-5-7-12/h3-7,13-14,16H,2,8-11H2,1H3/t13-,14+/m0/s1. The van der Waals surface area contributed by atoms with Crippen LogP contribution in [0, 0.1) is 0 Å². The number of ether oxygens (including phenoxy) is 2. The molecule has 1 aliphatic rings. The number of esters is 1. The minimum absolute atomic E-state index is 0.0720. The van der Waals surface area contributed by atoms with Crippen molar-refractivity contribution in [3.63, 3.8) is 0 Å². The first-order valence-electron chi connectivity index (χ1n) is 6.84. The molecule has 1 fully saturated rings. The van der Waals surface area contributed by atoms with E-state index in [1.807, 2.05) is 37.3 Å². The normalized spacial score (nSPS) is 22.4. The van der Waals surface area contributed by atoms with Crippen LogP contribution in [-0.4, -0.2) is 31.3 Å². The van der Waals surface area contributed by atoms with E-state index in [-0.39, 0.29) is 18.1 Å². The van der Waals surface area contributed by atoms with Crippen LogP contribution in [0.3, 0.4) is 0 Å². The topological polar surface area (TPSA) is 47.6 Å². The molecule has 4 heteroatoms. The van der Waals surface area contributed by atoms with Gasteiger partial charge >= 0.3 is 5.97 Å². The monoisotopic (exact) mass is 263 g/mol. The lowest BCUT2D eigenvalue weighted by atomic mass is 10.1. The molecular weight excluding hydrogens is 242 g/mol. The fourth-order valence-electron chi connectivity index (χ4n) is 2.32. The van der Waals surface area contributed by atoms with Crippen molar-refractivity contribution < 1.29 is 14.3 Å². The van der Waals surface area contributed by atoms with Gasteiger partial charge in [-0.05, 0) is 25.5 Å². The van der Waals surface area contributed by atoms with Gasteiger partial charge in [0, 0.05) is 6.04 Å². The number of rotatable bonds is 6. The molecule has 1 aromatic carbocycles. The zero-order valence-electron chi connectivity index (χ0n) is 11.3. The highest BCUT2D eigenvalue weighted by molar-refractivity contribution is 5.70.